The van der Waals surface area contributed by atoms with E-state index in [-0.39, 0.29) is 18.6 Å². The van der Waals surface area contributed by atoms with Crippen molar-refractivity contribution in [3.05, 3.63) is 78.2 Å². The highest BCUT2D eigenvalue weighted by atomic mass is 16.7. The van der Waals surface area contributed by atoms with Gasteiger partial charge in [0.05, 0.1) is 18.4 Å². The van der Waals surface area contributed by atoms with Gasteiger partial charge in [0.25, 0.3) is 0 Å². The van der Waals surface area contributed by atoms with E-state index in [0.717, 1.165) is 17.1 Å². The molecule has 1 aromatic carbocycles. The predicted octanol–water partition coefficient (Wildman–Crippen LogP) is 3.56. The molecule has 0 radical (unpaired) electrons. The van der Waals surface area contributed by atoms with Gasteiger partial charge in [-0.3, -0.25) is 4.79 Å². The van der Waals surface area contributed by atoms with E-state index in [1.165, 1.54) is 6.08 Å². The summed E-state index contributed by atoms with van der Waals surface area (Å²) in [5.41, 5.74) is 0.859. The Bertz CT molecular complexity index is 862. The Morgan fingerprint density at radius 2 is 1.77 bits per heavy atom. The molecular weight excluding hydrogens is 334 g/mol. The molecular formula is C20H17NO5. The first-order chi connectivity index (χ1) is 12.8. The number of nitrogens with one attached hydrogen (secondary N) is 1. The van der Waals surface area contributed by atoms with E-state index in [9.17, 15) is 4.79 Å². The molecule has 1 amide bonds. The van der Waals surface area contributed by atoms with Gasteiger partial charge in [0.2, 0.25) is 12.7 Å². The number of hydrogen-bond acceptors (Lipinski definition) is 5. The van der Waals surface area contributed by atoms with Crippen molar-refractivity contribution in [3.8, 4) is 11.5 Å². The number of rotatable bonds is 6. The van der Waals surface area contributed by atoms with Gasteiger partial charge in [-0.25, -0.2) is 0 Å². The number of hydrogen-bond donors (Lipinski definition) is 1. The fourth-order valence-corrected chi connectivity index (χ4v) is 2.77. The highest BCUT2D eigenvalue weighted by molar-refractivity contribution is 5.91. The van der Waals surface area contributed by atoms with Crippen LogP contribution in [0.2, 0.25) is 0 Å². The van der Waals surface area contributed by atoms with Crippen LogP contribution in [-0.2, 0) is 4.79 Å². The smallest absolute Gasteiger partial charge is 0.244 e. The quantitative estimate of drug-likeness (QED) is 0.687. The average molecular weight is 351 g/mol. The van der Waals surface area contributed by atoms with E-state index in [2.05, 4.69) is 5.32 Å². The Morgan fingerprint density at radius 3 is 2.46 bits per heavy atom. The second-order valence-corrected chi connectivity index (χ2v) is 5.77. The molecule has 6 heteroatoms. The molecule has 0 unspecified atom stereocenters. The minimum atomic E-state index is -0.203. The zero-order chi connectivity index (χ0) is 17.8. The van der Waals surface area contributed by atoms with E-state index in [4.69, 9.17) is 18.3 Å². The first kappa shape index (κ1) is 16.1. The van der Waals surface area contributed by atoms with Crippen LogP contribution in [-0.4, -0.2) is 19.2 Å². The highest BCUT2D eigenvalue weighted by Gasteiger charge is 2.20. The predicted molar refractivity (Wildman–Crippen MR) is 93.9 cm³/mol. The molecule has 0 fully saturated rings. The Morgan fingerprint density at radius 1 is 1.04 bits per heavy atom. The molecule has 0 spiro atoms. The third-order valence-electron chi connectivity index (χ3n) is 4.08. The van der Waals surface area contributed by atoms with Crippen molar-refractivity contribution in [3.63, 3.8) is 0 Å². The number of carbonyl (C=O) groups excluding carboxylic acids is 1. The fourth-order valence-electron chi connectivity index (χ4n) is 2.77. The molecule has 0 atom stereocenters. The first-order valence-corrected chi connectivity index (χ1v) is 8.22. The zero-order valence-electron chi connectivity index (χ0n) is 13.9. The topological polar surface area (TPSA) is 73.8 Å². The molecule has 6 nitrogen and oxygen atoms in total. The molecule has 26 heavy (non-hydrogen) atoms. The summed E-state index contributed by atoms with van der Waals surface area (Å²) in [6.45, 7) is 0.593. The number of furan rings is 2. The molecule has 1 N–H and O–H groups in total. The summed E-state index contributed by atoms with van der Waals surface area (Å²) < 4.78 is 21.5. The lowest BCUT2D eigenvalue weighted by Gasteiger charge is -2.12. The Labute approximate surface area is 150 Å². The van der Waals surface area contributed by atoms with Gasteiger partial charge >= 0.3 is 0 Å². The van der Waals surface area contributed by atoms with Crippen LogP contribution in [0.25, 0.3) is 6.08 Å². The Balaban J connectivity index is 1.39. The Hall–Kier alpha value is -3.41. The van der Waals surface area contributed by atoms with Gasteiger partial charge in [-0.2, -0.15) is 0 Å². The minimum absolute atomic E-state index is 0.178. The Kier molecular flexibility index (Phi) is 4.47. The second kappa shape index (κ2) is 7.23. The van der Waals surface area contributed by atoms with Gasteiger partial charge in [0.1, 0.15) is 11.5 Å². The van der Waals surface area contributed by atoms with E-state index < -0.39 is 0 Å². The highest BCUT2D eigenvalue weighted by Crippen LogP contribution is 2.32. The van der Waals surface area contributed by atoms with Crippen LogP contribution < -0.4 is 14.8 Å². The molecule has 3 heterocycles. The van der Waals surface area contributed by atoms with Gasteiger partial charge in [0.15, 0.2) is 11.5 Å². The van der Waals surface area contributed by atoms with Crippen LogP contribution in [0.3, 0.4) is 0 Å². The van der Waals surface area contributed by atoms with Crippen molar-refractivity contribution in [2.75, 3.05) is 13.3 Å². The van der Waals surface area contributed by atoms with Crippen molar-refractivity contribution in [2.24, 2.45) is 0 Å². The second-order valence-electron chi connectivity index (χ2n) is 5.77. The maximum Gasteiger partial charge on any atom is 0.244 e. The summed E-state index contributed by atoms with van der Waals surface area (Å²) in [4.78, 5) is 12.2. The van der Waals surface area contributed by atoms with Gasteiger partial charge in [0, 0.05) is 12.6 Å². The average Bonchev–Trinajstić information content (AvgIpc) is 3.41. The minimum Gasteiger partial charge on any atom is -0.469 e. The lowest BCUT2D eigenvalue weighted by atomic mass is 10.0. The molecule has 0 aliphatic carbocycles. The van der Waals surface area contributed by atoms with Crippen LogP contribution >= 0.6 is 0 Å². The number of ether oxygens (including phenoxy) is 2. The number of amides is 1. The third-order valence-corrected chi connectivity index (χ3v) is 4.08. The molecule has 2 aromatic heterocycles. The number of carbonyl (C=O) groups is 1. The number of fused-ring (bicyclic) bond motifs is 1. The van der Waals surface area contributed by atoms with E-state index in [0.29, 0.717) is 18.0 Å². The maximum atomic E-state index is 12.2. The van der Waals surface area contributed by atoms with Gasteiger partial charge < -0.3 is 23.6 Å². The van der Waals surface area contributed by atoms with Crippen LogP contribution in [0.4, 0.5) is 0 Å². The van der Waals surface area contributed by atoms with Crippen molar-refractivity contribution in [1.82, 2.24) is 5.32 Å². The van der Waals surface area contributed by atoms with E-state index >= 15 is 0 Å². The van der Waals surface area contributed by atoms with Crippen LogP contribution in [0.1, 0.15) is 23.0 Å². The maximum absolute atomic E-state index is 12.2. The molecule has 0 bridgehead atoms. The molecule has 3 aromatic rings. The standard InChI is InChI=1S/C20H17NO5/c22-20(8-6-14-5-7-18-19(11-14)26-13-25-18)21-12-15(16-3-1-9-23-16)17-4-2-10-24-17/h1-11,15H,12-13H2,(H,21,22)/b8-6+. The van der Waals surface area contributed by atoms with Crippen LogP contribution in [0, 0.1) is 0 Å². The number of benzene rings is 1. The summed E-state index contributed by atoms with van der Waals surface area (Å²) in [5.74, 6) is 2.49. The lowest BCUT2D eigenvalue weighted by molar-refractivity contribution is -0.116. The summed E-state index contributed by atoms with van der Waals surface area (Å²) in [5, 5.41) is 2.88. The zero-order valence-corrected chi connectivity index (χ0v) is 13.9. The summed E-state index contributed by atoms with van der Waals surface area (Å²) in [7, 11) is 0. The van der Waals surface area contributed by atoms with Crippen molar-refractivity contribution < 1.29 is 23.1 Å². The third kappa shape index (κ3) is 3.49. The molecule has 1 aliphatic rings. The first-order valence-electron chi connectivity index (χ1n) is 8.22. The van der Waals surface area contributed by atoms with Crippen molar-refractivity contribution in [1.29, 1.82) is 0 Å². The molecule has 1 aliphatic heterocycles. The van der Waals surface area contributed by atoms with E-state index in [1.807, 2.05) is 42.5 Å². The van der Waals surface area contributed by atoms with Gasteiger partial charge in [-0.15, -0.1) is 0 Å². The molecule has 0 saturated heterocycles. The van der Waals surface area contributed by atoms with Crippen molar-refractivity contribution >= 4 is 12.0 Å². The van der Waals surface area contributed by atoms with Crippen molar-refractivity contribution in [2.45, 2.75) is 5.92 Å². The monoisotopic (exact) mass is 351 g/mol. The van der Waals surface area contributed by atoms with Crippen LogP contribution in [0.5, 0.6) is 11.5 Å². The largest absolute Gasteiger partial charge is 0.469 e. The summed E-state index contributed by atoms with van der Waals surface area (Å²) >= 11 is 0. The fraction of sp³-hybridized carbons (Fsp3) is 0.150. The normalized spacial score (nSPS) is 12.8. The molecule has 4 rings (SSSR count). The van der Waals surface area contributed by atoms with Crippen LogP contribution in [0.15, 0.2) is 69.9 Å². The summed E-state index contributed by atoms with van der Waals surface area (Å²) in [6.07, 6.45) is 6.42. The van der Waals surface area contributed by atoms with Gasteiger partial charge in [-0.1, -0.05) is 6.07 Å². The van der Waals surface area contributed by atoms with Gasteiger partial charge in [-0.05, 0) is 48.0 Å². The lowest BCUT2D eigenvalue weighted by Crippen LogP contribution is -2.27. The SMILES string of the molecule is O=C(/C=C/c1ccc2c(c1)OCO2)NCC(c1ccco1)c1ccco1. The summed E-state index contributed by atoms with van der Waals surface area (Å²) in [6, 6.07) is 12.9. The molecule has 132 valence electrons. The van der Waals surface area contributed by atoms with E-state index in [1.54, 1.807) is 18.6 Å². The molecule has 0 saturated carbocycles.